The molecule has 33 heavy (non-hydrogen) atoms. The Bertz CT molecular complexity index is 1170. The third kappa shape index (κ3) is 4.92. The third-order valence-corrected chi connectivity index (χ3v) is 5.66. The summed E-state index contributed by atoms with van der Waals surface area (Å²) in [6, 6.07) is 0.690. The normalized spacial score (nSPS) is 14.4. The molecule has 0 saturated carbocycles. The summed E-state index contributed by atoms with van der Waals surface area (Å²) in [4.78, 5) is 39.5. The van der Waals surface area contributed by atoms with E-state index in [1.54, 1.807) is 0 Å². The SMILES string of the molecule is C/C=C(/C)C(C)N1CCn2cc(C(=O)NCc3c(F)cc(F)cc3F)c(=O)c(O)c2C1=O.S. The van der Waals surface area contributed by atoms with Crippen molar-refractivity contribution in [1.29, 1.82) is 0 Å². The van der Waals surface area contributed by atoms with Crippen LogP contribution in [0.25, 0.3) is 0 Å². The molecule has 1 unspecified atom stereocenters. The number of nitrogens with zero attached hydrogens (tertiary/aromatic N) is 2. The van der Waals surface area contributed by atoms with Gasteiger partial charge in [0.1, 0.15) is 23.0 Å². The Hall–Kier alpha value is -3.21. The zero-order chi connectivity index (χ0) is 23.7. The van der Waals surface area contributed by atoms with Crippen LogP contribution in [0.4, 0.5) is 13.2 Å². The minimum atomic E-state index is -1.19. The van der Waals surface area contributed by atoms with Crippen LogP contribution >= 0.6 is 13.5 Å². The zero-order valence-corrected chi connectivity index (χ0v) is 19.2. The summed E-state index contributed by atoms with van der Waals surface area (Å²) in [5.41, 5.74) is -1.46. The molecule has 0 bridgehead atoms. The van der Waals surface area contributed by atoms with Crippen LogP contribution in [0.1, 0.15) is 47.2 Å². The molecular weight excluding hydrogens is 459 g/mol. The summed E-state index contributed by atoms with van der Waals surface area (Å²) >= 11 is 0. The van der Waals surface area contributed by atoms with Crippen LogP contribution in [0.2, 0.25) is 0 Å². The molecule has 2 N–H and O–H groups in total. The fourth-order valence-corrected chi connectivity index (χ4v) is 3.53. The van der Waals surface area contributed by atoms with Gasteiger partial charge in [-0.1, -0.05) is 11.6 Å². The highest BCUT2D eigenvalue weighted by Crippen LogP contribution is 2.24. The standard InChI is InChI=1S/C22H22F3N3O4.H2S/c1-4-11(2)12(3)28-6-5-27-10-15(19(29)20(30)18(27)22(28)32)21(31)26-9-14-16(24)7-13(23)8-17(14)25;/h4,7-8,10,12,30H,5-6,9H2,1-3H3,(H,26,31);1H2/b11-4-;. The van der Waals surface area contributed by atoms with E-state index in [9.17, 15) is 32.7 Å². The molecule has 7 nitrogen and oxygen atoms in total. The monoisotopic (exact) mass is 483 g/mol. The van der Waals surface area contributed by atoms with E-state index < -0.39 is 58.1 Å². The highest BCUT2D eigenvalue weighted by molar-refractivity contribution is 7.59. The van der Waals surface area contributed by atoms with E-state index >= 15 is 0 Å². The van der Waals surface area contributed by atoms with Crippen LogP contribution in [0.5, 0.6) is 5.75 Å². The summed E-state index contributed by atoms with van der Waals surface area (Å²) in [5, 5.41) is 12.6. The van der Waals surface area contributed by atoms with Crippen LogP contribution in [0.3, 0.4) is 0 Å². The fraction of sp³-hybridized carbons (Fsp3) is 0.318. The van der Waals surface area contributed by atoms with Crippen molar-refractivity contribution >= 4 is 25.3 Å². The van der Waals surface area contributed by atoms with Crippen molar-refractivity contribution in [3.8, 4) is 5.75 Å². The number of aromatic hydroxyl groups is 1. The molecule has 0 aliphatic carbocycles. The van der Waals surface area contributed by atoms with Gasteiger partial charge in [0.2, 0.25) is 5.43 Å². The van der Waals surface area contributed by atoms with Crippen LogP contribution in [-0.4, -0.2) is 39.0 Å². The van der Waals surface area contributed by atoms with E-state index in [0.29, 0.717) is 12.1 Å². The Balaban J connectivity index is 0.00000385. The maximum Gasteiger partial charge on any atom is 0.275 e. The van der Waals surface area contributed by atoms with Gasteiger partial charge >= 0.3 is 0 Å². The van der Waals surface area contributed by atoms with Crippen molar-refractivity contribution in [3.05, 3.63) is 74.5 Å². The van der Waals surface area contributed by atoms with Gasteiger partial charge in [-0.15, -0.1) is 0 Å². The van der Waals surface area contributed by atoms with Gasteiger partial charge in [0, 0.05) is 43.5 Å². The maximum atomic E-state index is 13.8. The molecule has 0 saturated heterocycles. The molecule has 0 fully saturated rings. The smallest absolute Gasteiger partial charge is 0.275 e. The van der Waals surface area contributed by atoms with Crippen LogP contribution in [0, 0.1) is 17.5 Å². The van der Waals surface area contributed by atoms with Crippen molar-refractivity contribution in [3.63, 3.8) is 0 Å². The molecule has 2 heterocycles. The van der Waals surface area contributed by atoms with Crippen molar-refractivity contribution in [1.82, 2.24) is 14.8 Å². The number of amides is 2. The Kier molecular flexibility index (Phi) is 8.02. The summed E-state index contributed by atoms with van der Waals surface area (Å²) < 4.78 is 41.9. The Morgan fingerprint density at radius 1 is 1.21 bits per heavy atom. The highest BCUT2D eigenvalue weighted by atomic mass is 32.1. The number of fused-ring (bicyclic) bond motifs is 1. The van der Waals surface area contributed by atoms with Crippen LogP contribution in [0.15, 0.2) is 34.8 Å². The molecule has 1 aliphatic rings. The molecule has 11 heteroatoms. The molecule has 0 spiro atoms. The first kappa shape index (κ1) is 26.0. The lowest BCUT2D eigenvalue weighted by Crippen LogP contribution is -2.47. The molecule has 1 aromatic heterocycles. The quantitative estimate of drug-likeness (QED) is 0.640. The first-order chi connectivity index (χ1) is 15.1. The fourth-order valence-electron chi connectivity index (χ4n) is 3.53. The largest absolute Gasteiger partial charge is 0.503 e. The zero-order valence-electron chi connectivity index (χ0n) is 18.2. The van der Waals surface area contributed by atoms with Gasteiger partial charge in [-0.25, -0.2) is 13.2 Å². The van der Waals surface area contributed by atoms with Gasteiger partial charge in [0.15, 0.2) is 11.4 Å². The Morgan fingerprint density at radius 3 is 2.39 bits per heavy atom. The number of pyridine rings is 1. The van der Waals surface area contributed by atoms with E-state index in [4.69, 9.17) is 0 Å². The molecule has 1 atom stereocenters. The van der Waals surface area contributed by atoms with Crippen molar-refractivity contribution in [2.75, 3.05) is 6.54 Å². The van der Waals surface area contributed by atoms with Crippen molar-refractivity contribution < 1.29 is 27.9 Å². The van der Waals surface area contributed by atoms with Gasteiger partial charge in [-0.3, -0.25) is 14.4 Å². The first-order valence-electron chi connectivity index (χ1n) is 9.88. The van der Waals surface area contributed by atoms with E-state index in [-0.39, 0.29) is 38.3 Å². The van der Waals surface area contributed by atoms with E-state index in [2.05, 4.69) is 5.32 Å². The summed E-state index contributed by atoms with van der Waals surface area (Å²) in [7, 11) is 0. The predicted molar refractivity (Wildman–Crippen MR) is 120 cm³/mol. The Morgan fingerprint density at radius 2 is 1.82 bits per heavy atom. The average Bonchev–Trinajstić information content (AvgIpc) is 2.74. The molecule has 2 amide bonds. The van der Waals surface area contributed by atoms with Gasteiger partial charge in [-0.2, -0.15) is 13.5 Å². The third-order valence-electron chi connectivity index (χ3n) is 5.66. The van der Waals surface area contributed by atoms with Gasteiger partial charge in [0.25, 0.3) is 11.8 Å². The van der Waals surface area contributed by atoms with Crippen LogP contribution in [-0.2, 0) is 13.1 Å². The van der Waals surface area contributed by atoms with E-state index in [0.717, 1.165) is 11.8 Å². The van der Waals surface area contributed by atoms with E-state index in [1.165, 1.54) is 9.47 Å². The molecule has 1 aliphatic heterocycles. The number of hydrogen-bond acceptors (Lipinski definition) is 4. The number of carbonyl (C=O) groups excluding carboxylic acids is 2. The topological polar surface area (TPSA) is 91.6 Å². The second-order valence-electron chi connectivity index (χ2n) is 7.50. The number of halogens is 3. The lowest BCUT2D eigenvalue weighted by atomic mass is 10.1. The van der Waals surface area contributed by atoms with E-state index in [1.807, 2.05) is 26.8 Å². The summed E-state index contributed by atoms with van der Waals surface area (Å²) in [5.74, 6) is -5.92. The molecule has 0 radical (unpaired) electrons. The minimum absolute atomic E-state index is 0. The van der Waals surface area contributed by atoms with Crippen molar-refractivity contribution in [2.24, 2.45) is 0 Å². The minimum Gasteiger partial charge on any atom is -0.503 e. The highest BCUT2D eigenvalue weighted by Gasteiger charge is 2.33. The lowest BCUT2D eigenvalue weighted by Gasteiger charge is -2.35. The number of aromatic nitrogens is 1. The lowest BCUT2D eigenvalue weighted by molar-refractivity contribution is 0.0652. The molecule has 2 aromatic rings. The predicted octanol–water partition coefficient (Wildman–Crippen LogP) is 2.82. The number of nitrogens with one attached hydrogen (secondary N) is 1. The molecular formula is C22H24F3N3O4S. The summed E-state index contributed by atoms with van der Waals surface area (Å²) in [6.07, 6.45) is 2.99. The second kappa shape index (κ2) is 10.2. The van der Waals surface area contributed by atoms with Gasteiger partial charge in [-0.05, 0) is 20.8 Å². The number of rotatable bonds is 5. The molecule has 178 valence electrons. The van der Waals surface area contributed by atoms with Crippen LogP contribution < -0.4 is 10.7 Å². The second-order valence-corrected chi connectivity index (χ2v) is 7.50. The first-order valence-corrected chi connectivity index (χ1v) is 9.88. The Labute approximate surface area is 195 Å². The van der Waals surface area contributed by atoms with Gasteiger partial charge in [0.05, 0.1) is 6.04 Å². The summed E-state index contributed by atoms with van der Waals surface area (Å²) in [6.45, 7) is 5.38. The number of hydrogen-bond donors (Lipinski definition) is 2. The molecule has 3 rings (SSSR count). The van der Waals surface area contributed by atoms with Crippen molar-refractivity contribution in [2.45, 2.75) is 39.9 Å². The number of carbonyl (C=O) groups is 2. The maximum absolute atomic E-state index is 13.8. The average molecular weight is 484 g/mol. The van der Waals surface area contributed by atoms with Gasteiger partial charge < -0.3 is 19.9 Å². The number of benzene rings is 1. The molecule has 1 aromatic carbocycles. The number of allylic oxidation sites excluding steroid dienone is 1.